The fraction of sp³-hybridized carbons (Fsp3) is 0.333. The molecule has 1 aromatic carbocycles. The Kier molecular flexibility index (Phi) is 5.57. The van der Waals surface area contributed by atoms with E-state index in [9.17, 15) is 14.7 Å². The fourth-order valence-corrected chi connectivity index (χ4v) is 1.18. The lowest BCUT2D eigenvalue weighted by Crippen LogP contribution is -2.30. The van der Waals surface area contributed by atoms with Gasteiger partial charge < -0.3 is 20.0 Å². The summed E-state index contributed by atoms with van der Waals surface area (Å²) < 4.78 is 5.34. The SMILES string of the molecule is O=C([O-])CCC(=O)NCCOc1ccccc1. The molecule has 17 heavy (non-hydrogen) atoms. The fourth-order valence-electron chi connectivity index (χ4n) is 1.18. The van der Waals surface area contributed by atoms with Crippen molar-refractivity contribution in [2.75, 3.05) is 13.2 Å². The molecule has 0 aliphatic rings. The van der Waals surface area contributed by atoms with Gasteiger partial charge in [-0.1, -0.05) is 18.2 Å². The van der Waals surface area contributed by atoms with Crippen LogP contribution in [0.2, 0.25) is 0 Å². The van der Waals surface area contributed by atoms with Crippen LogP contribution >= 0.6 is 0 Å². The van der Waals surface area contributed by atoms with Crippen molar-refractivity contribution in [2.45, 2.75) is 12.8 Å². The van der Waals surface area contributed by atoms with E-state index in [0.29, 0.717) is 13.2 Å². The van der Waals surface area contributed by atoms with Crippen molar-refractivity contribution in [2.24, 2.45) is 0 Å². The number of nitrogens with one attached hydrogen (secondary N) is 1. The number of rotatable bonds is 7. The van der Waals surface area contributed by atoms with E-state index >= 15 is 0 Å². The minimum absolute atomic E-state index is 0.0618. The van der Waals surface area contributed by atoms with Crippen molar-refractivity contribution in [3.63, 3.8) is 0 Å². The van der Waals surface area contributed by atoms with Crippen molar-refractivity contribution in [3.05, 3.63) is 30.3 Å². The Morgan fingerprint density at radius 3 is 2.53 bits per heavy atom. The van der Waals surface area contributed by atoms with Gasteiger partial charge in [0.15, 0.2) is 0 Å². The van der Waals surface area contributed by atoms with Crippen LogP contribution in [0.1, 0.15) is 12.8 Å². The molecule has 5 heteroatoms. The highest BCUT2D eigenvalue weighted by atomic mass is 16.5. The average molecular weight is 236 g/mol. The first kappa shape index (κ1) is 13.0. The number of carbonyl (C=O) groups excluding carboxylic acids is 2. The molecule has 1 rings (SSSR count). The highest BCUT2D eigenvalue weighted by molar-refractivity contribution is 5.79. The molecule has 0 saturated carbocycles. The Bertz CT molecular complexity index is 364. The summed E-state index contributed by atoms with van der Waals surface area (Å²) in [7, 11) is 0. The second-order valence-corrected chi connectivity index (χ2v) is 3.38. The summed E-state index contributed by atoms with van der Waals surface area (Å²) in [6.07, 6.45) is -0.320. The molecule has 0 aliphatic heterocycles. The van der Waals surface area contributed by atoms with Crippen LogP contribution in [0.3, 0.4) is 0 Å². The van der Waals surface area contributed by atoms with Crippen LogP contribution in [0, 0.1) is 0 Å². The molecule has 0 fully saturated rings. The summed E-state index contributed by atoms with van der Waals surface area (Å²) in [5.41, 5.74) is 0. The van der Waals surface area contributed by atoms with Gasteiger partial charge in [0.25, 0.3) is 0 Å². The van der Waals surface area contributed by atoms with E-state index in [2.05, 4.69) is 5.32 Å². The molecular formula is C12H14NO4-. The first-order valence-electron chi connectivity index (χ1n) is 5.33. The number of hydrogen-bond acceptors (Lipinski definition) is 4. The number of carboxylic acid groups (broad SMARTS) is 1. The molecule has 1 aromatic rings. The van der Waals surface area contributed by atoms with Crippen molar-refractivity contribution in [1.82, 2.24) is 5.32 Å². The van der Waals surface area contributed by atoms with Gasteiger partial charge >= 0.3 is 0 Å². The van der Waals surface area contributed by atoms with Gasteiger partial charge in [-0.05, 0) is 18.6 Å². The molecule has 0 aromatic heterocycles. The molecule has 1 N–H and O–H groups in total. The molecule has 1 amide bonds. The van der Waals surface area contributed by atoms with Gasteiger partial charge in [0.2, 0.25) is 5.91 Å². The predicted molar refractivity (Wildman–Crippen MR) is 59.2 cm³/mol. The lowest BCUT2D eigenvalue weighted by molar-refractivity contribution is -0.305. The number of para-hydroxylation sites is 1. The Morgan fingerprint density at radius 1 is 1.18 bits per heavy atom. The van der Waals surface area contributed by atoms with Crippen LogP contribution < -0.4 is 15.2 Å². The van der Waals surface area contributed by atoms with E-state index in [1.807, 2.05) is 30.3 Å². The van der Waals surface area contributed by atoms with Crippen LogP contribution in [0.5, 0.6) is 5.75 Å². The lowest BCUT2D eigenvalue weighted by Gasteiger charge is -2.07. The molecule has 92 valence electrons. The minimum Gasteiger partial charge on any atom is -0.550 e. The Labute approximate surface area is 99.4 Å². The molecule has 5 nitrogen and oxygen atoms in total. The van der Waals surface area contributed by atoms with Crippen LogP contribution in [-0.2, 0) is 9.59 Å². The summed E-state index contributed by atoms with van der Waals surface area (Å²) in [5.74, 6) is -0.803. The summed E-state index contributed by atoms with van der Waals surface area (Å²) in [4.78, 5) is 21.2. The summed E-state index contributed by atoms with van der Waals surface area (Å²) in [6, 6.07) is 9.23. The third kappa shape index (κ3) is 6.19. The third-order valence-electron chi connectivity index (χ3n) is 1.99. The first-order chi connectivity index (χ1) is 8.18. The number of benzene rings is 1. The van der Waals surface area contributed by atoms with Gasteiger partial charge in [0.1, 0.15) is 12.4 Å². The second kappa shape index (κ2) is 7.27. The van der Waals surface area contributed by atoms with Crippen LogP contribution in [0.15, 0.2) is 30.3 Å². The van der Waals surface area contributed by atoms with Crippen molar-refractivity contribution < 1.29 is 19.4 Å². The maximum Gasteiger partial charge on any atom is 0.220 e. The summed E-state index contributed by atoms with van der Waals surface area (Å²) >= 11 is 0. The topological polar surface area (TPSA) is 78.5 Å². The number of carbonyl (C=O) groups is 2. The molecule has 0 atom stereocenters. The second-order valence-electron chi connectivity index (χ2n) is 3.38. The van der Waals surface area contributed by atoms with Crippen molar-refractivity contribution >= 4 is 11.9 Å². The highest BCUT2D eigenvalue weighted by Crippen LogP contribution is 2.07. The highest BCUT2D eigenvalue weighted by Gasteiger charge is 2.00. The lowest BCUT2D eigenvalue weighted by atomic mass is 10.3. The molecule has 0 radical (unpaired) electrons. The third-order valence-corrected chi connectivity index (χ3v) is 1.99. The Hall–Kier alpha value is -2.04. The van der Waals surface area contributed by atoms with Crippen molar-refractivity contribution in [3.8, 4) is 5.75 Å². The minimum atomic E-state index is -1.22. The molecular weight excluding hydrogens is 222 g/mol. The van der Waals surface area contributed by atoms with E-state index in [1.165, 1.54) is 0 Å². The molecule has 0 aliphatic carbocycles. The number of aliphatic carboxylic acids is 1. The van der Waals surface area contributed by atoms with E-state index < -0.39 is 5.97 Å². The van der Waals surface area contributed by atoms with E-state index in [1.54, 1.807) is 0 Å². The van der Waals surface area contributed by atoms with Gasteiger partial charge in [-0.3, -0.25) is 4.79 Å². The standard InChI is InChI=1S/C12H15NO4/c14-11(6-7-12(15)16)13-8-9-17-10-4-2-1-3-5-10/h1-5H,6-9H2,(H,13,14)(H,15,16)/p-1. The number of amides is 1. The summed E-state index contributed by atoms with van der Waals surface area (Å²) in [5, 5.41) is 12.7. The summed E-state index contributed by atoms with van der Waals surface area (Å²) in [6.45, 7) is 0.696. The zero-order valence-corrected chi connectivity index (χ0v) is 9.35. The van der Waals surface area contributed by atoms with Gasteiger partial charge in [0.05, 0.1) is 6.54 Å². The quantitative estimate of drug-likeness (QED) is 0.660. The zero-order chi connectivity index (χ0) is 12.5. The van der Waals surface area contributed by atoms with E-state index in [4.69, 9.17) is 4.74 Å². The van der Waals surface area contributed by atoms with Crippen LogP contribution in [0.4, 0.5) is 0 Å². The monoisotopic (exact) mass is 236 g/mol. The first-order valence-corrected chi connectivity index (χ1v) is 5.33. The largest absolute Gasteiger partial charge is 0.550 e. The normalized spacial score (nSPS) is 9.65. The Balaban J connectivity index is 2.08. The van der Waals surface area contributed by atoms with Crippen LogP contribution in [0.25, 0.3) is 0 Å². The van der Waals surface area contributed by atoms with Gasteiger partial charge in [0, 0.05) is 12.4 Å². The maximum absolute atomic E-state index is 11.1. The van der Waals surface area contributed by atoms with Crippen LogP contribution in [-0.4, -0.2) is 25.0 Å². The average Bonchev–Trinajstić information content (AvgIpc) is 2.33. The molecule has 0 unspecified atom stereocenters. The zero-order valence-electron chi connectivity index (χ0n) is 9.35. The molecule has 0 heterocycles. The molecule has 0 bridgehead atoms. The molecule has 0 spiro atoms. The van der Waals surface area contributed by atoms with E-state index in [0.717, 1.165) is 5.75 Å². The van der Waals surface area contributed by atoms with Gasteiger partial charge in [-0.25, -0.2) is 0 Å². The maximum atomic E-state index is 11.1. The van der Waals surface area contributed by atoms with Crippen molar-refractivity contribution in [1.29, 1.82) is 0 Å². The van der Waals surface area contributed by atoms with Gasteiger partial charge in [-0.15, -0.1) is 0 Å². The smallest absolute Gasteiger partial charge is 0.220 e. The number of carboxylic acids is 1. The number of hydrogen-bond donors (Lipinski definition) is 1. The Morgan fingerprint density at radius 2 is 1.88 bits per heavy atom. The molecule has 0 saturated heterocycles. The predicted octanol–water partition coefficient (Wildman–Crippen LogP) is -0.288. The number of ether oxygens (including phenoxy) is 1. The van der Waals surface area contributed by atoms with Gasteiger partial charge in [-0.2, -0.15) is 0 Å². The van der Waals surface area contributed by atoms with E-state index in [-0.39, 0.29) is 18.7 Å².